The lowest BCUT2D eigenvalue weighted by atomic mass is 9.99. The van der Waals surface area contributed by atoms with Gasteiger partial charge in [-0.15, -0.1) is 0 Å². The van der Waals surface area contributed by atoms with Crippen LogP contribution in [0.25, 0.3) is 0 Å². The third kappa shape index (κ3) is 5.01. The fraction of sp³-hybridized carbons (Fsp3) is 0.250. The molecule has 0 aromatic heterocycles. The summed E-state index contributed by atoms with van der Waals surface area (Å²) in [5, 5.41) is 11.8. The number of aliphatic carboxylic acids is 1. The van der Waals surface area contributed by atoms with Gasteiger partial charge in [0.2, 0.25) is 5.91 Å². The van der Waals surface area contributed by atoms with Gasteiger partial charge >= 0.3 is 5.97 Å². The van der Waals surface area contributed by atoms with Gasteiger partial charge in [-0.05, 0) is 5.56 Å². The first-order valence-electron chi connectivity index (χ1n) is 8.10. The third-order valence-electron chi connectivity index (χ3n) is 3.83. The SMILES string of the molecule is CC(C)C(=O)N[C@H](Cc1ccc(C(=O)c2ccccc2)cc1)C(=O)O. The highest BCUT2D eigenvalue weighted by Gasteiger charge is 2.21. The molecule has 5 heteroatoms. The van der Waals surface area contributed by atoms with Gasteiger partial charge in [-0.25, -0.2) is 4.79 Å². The number of hydrogen-bond acceptors (Lipinski definition) is 3. The van der Waals surface area contributed by atoms with E-state index in [1.54, 1.807) is 62.4 Å². The van der Waals surface area contributed by atoms with E-state index in [2.05, 4.69) is 5.32 Å². The molecule has 0 bridgehead atoms. The second kappa shape index (κ2) is 8.24. The number of amides is 1. The van der Waals surface area contributed by atoms with Crippen LogP contribution in [0.15, 0.2) is 54.6 Å². The summed E-state index contributed by atoms with van der Waals surface area (Å²) < 4.78 is 0. The normalized spacial score (nSPS) is 11.8. The molecule has 2 aromatic carbocycles. The van der Waals surface area contributed by atoms with Crippen molar-refractivity contribution in [2.75, 3.05) is 0 Å². The molecule has 0 aliphatic heterocycles. The van der Waals surface area contributed by atoms with E-state index in [0.29, 0.717) is 11.1 Å². The molecule has 0 heterocycles. The molecular formula is C20H21NO4. The molecule has 0 saturated carbocycles. The molecule has 1 atom stereocenters. The molecule has 0 saturated heterocycles. The topological polar surface area (TPSA) is 83.5 Å². The average Bonchev–Trinajstić information content (AvgIpc) is 2.61. The molecule has 2 rings (SSSR count). The first kappa shape index (κ1) is 18.4. The Labute approximate surface area is 146 Å². The summed E-state index contributed by atoms with van der Waals surface area (Å²) in [5.41, 5.74) is 1.87. The van der Waals surface area contributed by atoms with E-state index < -0.39 is 12.0 Å². The minimum absolute atomic E-state index is 0.0879. The first-order chi connectivity index (χ1) is 11.9. The molecule has 130 valence electrons. The summed E-state index contributed by atoms with van der Waals surface area (Å²) >= 11 is 0. The quantitative estimate of drug-likeness (QED) is 0.760. The van der Waals surface area contributed by atoms with Crippen LogP contribution in [0, 0.1) is 5.92 Å². The van der Waals surface area contributed by atoms with Crippen LogP contribution in [0.3, 0.4) is 0 Å². The van der Waals surface area contributed by atoms with Gasteiger partial charge in [0.1, 0.15) is 6.04 Å². The number of carboxylic acid groups (broad SMARTS) is 1. The summed E-state index contributed by atoms with van der Waals surface area (Å²) in [6.45, 7) is 3.41. The van der Waals surface area contributed by atoms with Crippen LogP contribution < -0.4 is 5.32 Å². The predicted molar refractivity (Wildman–Crippen MR) is 94.4 cm³/mol. The molecule has 0 aliphatic carbocycles. The van der Waals surface area contributed by atoms with Crippen LogP contribution >= 0.6 is 0 Å². The first-order valence-corrected chi connectivity index (χ1v) is 8.10. The molecule has 5 nitrogen and oxygen atoms in total. The van der Waals surface area contributed by atoms with E-state index in [1.165, 1.54) is 0 Å². The maximum Gasteiger partial charge on any atom is 0.326 e. The van der Waals surface area contributed by atoms with Gasteiger partial charge in [-0.3, -0.25) is 9.59 Å². The van der Waals surface area contributed by atoms with Crippen molar-refractivity contribution < 1.29 is 19.5 Å². The molecule has 0 spiro atoms. The molecular weight excluding hydrogens is 318 g/mol. The van der Waals surface area contributed by atoms with Crippen LogP contribution in [0.4, 0.5) is 0 Å². The summed E-state index contributed by atoms with van der Waals surface area (Å²) in [5.74, 6) is -1.76. The van der Waals surface area contributed by atoms with Crippen molar-refractivity contribution >= 4 is 17.7 Å². The monoisotopic (exact) mass is 339 g/mol. The maximum absolute atomic E-state index is 12.4. The van der Waals surface area contributed by atoms with Gasteiger partial charge in [0.25, 0.3) is 0 Å². The van der Waals surface area contributed by atoms with Crippen LogP contribution in [0.5, 0.6) is 0 Å². The Morgan fingerprint density at radius 3 is 2.00 bits per heavy atom. The van der Waals surface area contributed by atoms with Gasteiger partial charge in [-0.1, -0.05) is 68.4 Å². The predicted octanol–water partition coefficient (Wildman–Crippen LogP) is 2.69. The standard InChI is InChI=1S/C20H21NO4/c1-13(2)19(23)21-17(20(24)25)12-14-8-10-16(11-9-14)18(22)15-6-4-3-5-7-15/h3-11,13,17H,12H2,1-2H3,(H,21,23)(H,24,25)/t17-/m1/s1. The average molecular weight is 339 g/mol. The largest absolute Gasteiger partial charge is 0.480 e. The summed E-state index contributed by atoms with van der Waals surface area (Å²) in [4.78, 5) is 35.4. The molecule has 0 radical (unpaired) electrons. The summed E-state index contributed by atoms with van der Waals surface area (Å²) in [7, 11) is 0. The number of carbonyl (C=O) groups is 3. The number of rotatable bonds is 7. The lowest BCUT2D eigenvalue weighted by Crippen LogP contribution is -2.44. The third-order valence-corrected chi connectivity index (χ3v) is 3.83. The van der Waals surface area contributed by atoms with Gasteiger partial charge < -0.3 is 10.4 Å². The maximum atomic E-state index is 12.4. The summed E-state index contributed by atoms with van der Waals surface area (Å²) in [6, 6.07) is 14.7. The zero-order chi connectivity index (χ0) is 18.4. The van der Waals surface area contributed by atoms with Crippen LogP contribution in [-0.2, 0) is 16.0 Å². The fourth-order valence-corrected chi connectivity index (χ4v) is 2.32. The van der Waals surface area contributed by atoms with Gasteiger partial charge in [0.05, 0.1) is 0 Å². The Bertz CT molecular complexity index is 751. The van der Waals surface area contributed by atoms with Gasteiger partial charge in [0.15, 0.2) is 5.78 Å². The van der Waals surface area contributed by atoms with E-state index in [4.69, 9.17) is 0 Å². The molecule has 25 heavy (non-hydrogen) atoms. The lowest BCUT2D eigenvalue weighted by molar-refractivity contribution is -0.142. The van der Waals surface area contributed by atoms with Crippen LogP contribution in [-0.4, -0.2) is 28.8 Å². The van der Waals surface area contributed by atoms with Crippen molar-refractivity contribution in [2.45, 2.75) is 26.3 Å². The van der Waals surface area contributed by atoms with Crippen molar-refractivity contribution in [1.29, 1.82) is 0 Å². The Morgan fingerprint density at radius 1 is 0.920 bits per heavy atom. The highest BCUT2D eigenvalue weighted by molar-refractivity contribution is 6.08. The molecule has 1 amide bonds. The zero-order valence-corrected chi connectivity index (χ0v) is 14.2. The van der Waals surface area contributed by atoms with Gasteiger partial charge in [0, 0.05) is 23.5 Å². The van der Waals surface area contributed by atoms with E-state index in [9.17, 15) is 19.5 Å². The van der Waals surface area contributed by atoms with E-state index in [0.717, 1.165) is 5.56 Å². The molecule has 2 N–H and O–H groups in total. The number of hydrogen-bond donors (Lipinski definition) is 2. The van der Waals surface area contributed by atoms with Crippen LogP contribution in [0.2, 0.25) is 0 Å². The Hall–Kier alpha value is -2.95. The minimum atomic E-state index is -1.08. The van der Waals surface area contributed by atoms with E-state index >= 15 is 0 Å². The van der Waals surface area contributed by atoms with Crippen LogP contribution in [0.1, 0.15) is 35.3 Å². The number of benzene rings is 2. The summed E-state index contributed by atoms with van der Waals surface area (Å²) in [6.07, 6.45) is 0.160. The Morgan fingerprint density at radius 2 is 1.48 bits per heavy atom. The van der Waals surface area contributed by atoms with Crippen molar-refractivity contribution in [1.82, 2.24) is 5.32 Å². The number of nitrogens with one attached hydrogen (secondary N) is 1. The molecule has 2 aromatic rings. The van der Waals surface area contributed by atoms with Crippen molar-refractivity contribution in [3.8, 4) is 0 Å². The number of carboxylic acids is 1. The highest BCUT2D eigenvalue weighted by Crippen LogP contribution is 2.12. The number of ketones is 1. The Balaban J connectivity index is 2.09. The highest BCUT2D eigenvalue weighted by atomic mass is 16.4. The molecule has 0 fully saturated rings. The smallest absolute Gasteiger partial charge is 0.326 e. The number of carbonyl (C=O) groups excluding carboxylic acids is 2. The Kier molecular flexibility index (Phi) is 6.06. The fourth-order valence-electron chi connectivity index (χ4n) is 2.32. The minimum Gasteiger partial charge on any atom is -0.480 e. The van der Waals surface area contributed by atoms with E-state index in [1.807, 2.05) is 6.07 Å². The zero-order valence-electron chi connectivity index (χ0n) is 14.2. The molecule has 0 unspecified atom stereocenters. The van der Waals surface area contributed by atoms with E-state index in [-0.39, 0.29) is 24.0 Å². The van der Waals surface area contributed by atoms with Gasteiger partial charge in [-0.2, -0.15) is 0 Å². The van der Waals surface area contributed by atoms with Crippen molar-refractivity contribution in [2.24, 2.45) is 5.92 Å². The molecule has 0 aliphatic rings. The van der Waals surface area contributed by atoms with Crippen molar-refractivity contribution in [3.63, 3.8) is 0 Å². The van der Waals surface area contributed by atoms with Crippen molar-refractivity contribution in [3.05, 3.63) is 71.3 Å². The second-order valence-electron chi connectivity index (χ2n) is 6.15. The second-order valence-corrected chi connectivity index (χ2v) is 6.15. The lowest BCUT2D eigenvalue weighted by Gasteiger charge is -2.16.